The van der Waals surface area contributed by atoms with Gasteiger partial charge < -0.3 is 5.32 Å². The van der Waals surface area contributed by atoms with Gasteiger partial charge in [0, 0.05) is 25.8 Å². The van der Waals surface area contributed by atoms with Gasteiger partial charge in [-0.25, -0.2) is 14.4 Å². The van der Waals surface area contributed by atoms with E-state index >= 15 is 0 Å². The van der Waals surface area contributed by atoms with Crippen molar-refractivity contribution in [2.24, 2.45) is 0 Å². The van der Waals surface area contributed by atoms with Gasteiger partial charge >= 0.3 is 0 Å². The van der Waals surface area contributed by atoms with Crippen LogP contribution in [0.25, 0.3) is 0 Å². The lowest BCUT2D eigenvalue weighted by atomic mass is 10.2. The zero-order chi connectivity index (χ0) is 14.4. The normalized spacial score (nSPS) is 15.9. The fourth-order valence-electron chi connectivity index (χ4n) is 2.20. The van der Waals surface area contributed by atoms with Crippen LogP contribution in [0.15, 0.2) is 12.3 Å². The zero-order valence-electron chi connectivity index (χ0n) is 11.8. The van der Waals surface area contributed by atoms with Gasteiger partial charge in [-0.2, -0.15) is 0 Å². The molecule has 2 heterocycles. The Morgan fingerprint density at radius 1 is 1.40 bits per heavy atom. The van der Waals surface area contributed by atoms with Gasteiger partial charge in [-0.3, -0.25) is 10.2 Å². The molecule has 2 rings (SSSR count). The molecular formula is C14H21FN4O. The summed E-state index contributed by atoms with van der Waals surface area (Å²) in [5, 5.41) is 4.73. The minimum atomic E-state index is -0.588. The van der Waals surface area contributed by atoms with Crippen molar-refractivity contribution in [2.45, 2.75) is 32.6 Å². The molecule has 1 aromatic heterocycles. The largest absolute Gasteiger partial charge is 0.368 e. The van der Waals surface area contributed by atoms with E-state index in [1.807, 2.05) is 11.9 Å². The zero-order valence-corrected chi connectivity index (χ0v) is 11.8. The minimum absolute atomic E-state index is 0.0316. The Kier molecular flexibility index (Phi) is 5.29. The molecule has 6 heteroatoms. The average molecular weight is 280 g/mol. The summed E-state index contributed by atoms with van der Waals surface area (Å²) >= 11 is 0. The summed E-state index contributed by atoms with van der Waals surface area (Å²) in [6, 6.07) is 1.41. The lowest BCUT2D eigenvalue weighted by Crippen LogP contribution is -2.45. The number of carbonyl (C=O) groups is 1. The number of hydrogen-bond donors (Lipinski definition) is 2. The predicted molar refractivity (Wildman–Crippen MR) is 75.9 cm³/mol. The van der Waals surface area contributed by atoms with E-state index in [1.165, 1.54) is 18.7 Å². The van der Waals surface area contributed by atoms with Crippen LogP contribution in [0.3, 0.4) is 0 Å². The van der Waals surface area contributed by atoms with Crippen LogP contribution >= 0.6 is 0 Å². The molecule has 1 aliphatic heterocycles. The average Bonchev–Trinajstić information content (AvgIpc) is 2.47. The molecule has 1 aliphatic rings. The lowest BCUT2D eigenvalue weighted by molar-refractivity contribution is 0.0746. The molecule has 0 bridgehead atoms. The minimum Gasteiger partial charge on any atom is -0.368 e. The highest BCUT2D eigenvalue weighted by molar-refractivity contribution is 5.94. The van der Waals surface area contributed by atoms with Crippen molar-refractivity contribution in [2.75, 3.05) is 25.0 Å². The van der Waals surface area contributed by atoms with E-state index in [0.29, 0.717) is 6.54 Å². The first-order valence-electron chi connectivity index (χ1n) is 7.16. The van der Waals surface area contributed by atoms with Crippen molar-refractivity contribution in [3.8, 4) is 0 Å². The third kappa shape index (κ3) is 3.66. The molecule has 1 fully saturated rings. The van der Waals surface area contributed by atoms with E-state index in [2.05, 4.69) is 15.7 Å². The molecule has 0 aliphatic carbocycles. The number of hydrazine groups is 1. The molecule has 1 amide bonds. The van der Waals surface area contributed by atoms with Crippen LogP contribution in [-0.2, 0) is 0 Å². The highest BCUT2D eigenvalue weighted by atomic mass is 19.1. The van der Waals surface area contributed by atoms with Crippen LogP contribution in [0.2, 0.25) is 0 Å². The maximum absolute atomic E-state index is 14.2. The summed E-state index contributed by atoms with van der Waals surface area (Å²) in [6.45, 7) is 4.25. The molecule has 1 saturated heterocycles. The highest BCUT2D eigenvalue weighted by Gasteiger charge is 2.19. The number of carbonyl (C=O) groups excluding carboxylic acids is 1. The van der Waals surface area contributed by atoms with Gasteiger partial charge in [0.05, 0.1) is 5.56 Å². The number of rotatable bonds is 5. The third-order valence-electron chi connectivity index (χ3n) is 3.29. The van der Waals surface area contributed by atoms with Crippen molar-refractivity contribution in [3.05, 3.63) is 23.6 Å². The van der Waals surface area contributed by atoms with Gasteiger partial charge in [0.15, 0.2) is 11.6 Å². The Morgan fingerprint density at radius 3 is 2.85 bits per heavy atom. The van der Waals surface area contributed by atoms with Gasteiger partial charge in [-0.05, 0) is 25.3 Å². The molecule has 1 aromatic rings. The maximum Gasteiger partial charge on any atom is 0.268 e. The molecule has 0 aromatic carbocycles. The van der Waals surface area contributed by atoms with E-state index < -0.39 is 11.7 Å². The van der Waals surface area contributed by atoms with Crippen molar-refractivity contribution in [1.29, 1.82) is 0 Å². The molecule has 5 nitrogen and oxygen atoms in total. The number of hydrogen-bond acceptors (Lipinski definition) is 4. The SMILES string of the molecule is CCCNc1nccc(C(=O)NN2CCCCC2)c1F. The Balaban J connectivity index is 2.04. The van der Waals surface area contributed by atoms with Gasteiger partial charge in [-0.15, -0.1) is 0 Å². The van der Waals surface area contributed by atoms with Gasteiger partial charge in [0.25, 0.3) is 5.91 Å². The van der Waals surface area contributed by atoms with E-state index in [4.69, 9.17) is 0 Å². The fraction of sp³-hybridized carbons (Fsp3) is 0.571. The number of nitrogens with one attached hydrogen (secondary N) is 2. The molecule has 0 unspecified atom stereocenters. The van der Waals surface area contributed by atoms with Gasteiger partial charge in [0.2, 0.25) is 0 Å². The predicted octanol–water partition coefficient (Wildman–Crippen LogP) is 2.17. The molecule has 0 spiro atoms. The topological polar surface area (TPSA) is 57.3 Å². The fourth-order valence-corrected chi connectivity index (χ4v) is 2.20. The van der Waals surface area contributed by atoms with Crippen molar-refractivity contribution < 1.29 is 9.18 Å². The molecule has 110 valence electrons. The van der Waals surface area contributed by atoms with Crippen LogP contribution in [-0.4, -0.2) is 35.5 Å². The molecule has 20 heavy (non-hydrogen) atoms. The monoisotopic (exact) mass is 280 g/mol. The molecular weight excluding hydrogens is 259 g/mol. The second-order valence-electron chi connectivity index (χ2n) is 4.94. The van der Waals surface area contributed by atoms with Gasteiger partial charge in [0.1, 0.15) is 0 Å². The summed E-state index contributed by atoms with van der Waals surface area (Å²) in [5.41, 5.74) is 2.79. The number of halogens is 1. The van der Waals surface area contributed by atoms with Crippen LogP contribution in [0, 0.1) is 5.82 Å². The van der Waals surface area contributed by atoms with E-state index in [0.717, 1.165) is 32.4 Å². The highest BCUT2D eigenvalue weighted by Crippen LogP contribution is 2.15. The summed E-state index contributed by atoms with van der Waals surface area (Å²) in [4.78, 5) is 16.0. The first-order valence-corrected chi connectivity index (χ1v) is 7.16. The number of pyridine rings is 1. The first kappa shape index (κ1) is 14.7. The number of piperidine rings is 1. The standard InChI is InChI=1S/C14H21FN4O/c1-2-7-16-13-12(15)11(6-8-17-13)14(20)18-19-9-4-3-5-10-19/h6,8H,2-5,7,9-10H2,1H3,(H,16,17)(H,18,20). The molecule has 0 atom stereocenters. The van der Waals surface area contributed by atoms with E-state index in [1.54, 1.807) is 0 Å². The molecule has 2 N–H and O–H groups in total. The van der Waals surface area contributed by atoms with Crippen LogP contribution in [0.4, 0.5) is 10.2 Å². The Morgan fingerprint density at radius 2 is 2.15 bits per heavy atom. The maximum atomic E-state index is 14.2. The second-order valence-corrected chi connectivity index (χ2v) is 4.94. The second kappa shape index (κ2) is 7.19. The number of amides is 1. The Hall–Kier alpha value is -1.69. The summed E-state index contributed by atoms with van der Waals surface area (Å²) in [6.07, 6.45) is 5.61. The smallest absolute Gasteiger partial charge is 0.268 e. The summed E-state index contributed by atoms with van der Waals surface area (Å²) < 4.78 is 14.2. The Bertz CT molecular complexity index is 460. The van der Waals surface area contributed by atoms with Gasteiger partial charge in [-0.1, -0.05) is 13.3 Å². The summed E-state index contributed by atoms with van der Waals surface area (Å²) in [5.74, 6) is -0.861. The van der Waals surface area contributed by atoms with E-state index in [9.17, 15) is 9.18 Å². The molecule has 0 radical (unpaired) electrons. The number of anilines is 1. The quantitative estimate of drug-likeness (QED) is 0.868. The lowest BCUT2D eigenvalue weighted by Gasteiger charge is -2.26. The first-order chi connectivity index (χ1) is 9.72. The van der Waals surface area contributed by atoms with Crippen LogP contribution < -0.4 is 10.7 Å². The van der Waals surface area contributed by atoms with E-state index in [-0.39, 0.29) is 11.4 Å². The third-order valence-corrected chi connectivity index (χ3v) is 3.29. The van der Waals surface area contributed by atoms with Crippen molar-refractivity contribution in [1.82, 2.24) is 15.4 Å². The number of aromatic nitrogens is 1. The van der Waals surface area contributed by atoms with Crippen LogP contribution in [0.5, 0.6) is 0 Å². The number of nitrogens with zero attached hydrogens (tertiary/aromatic N) is 2. The Labute approximate surface area is 118 Å². The van der Waals surface area contributed by atoms with Crippen LogP contribution in [0.1, 0.15) is 43.0 Å². The van der Waals surface area contributed by atoms with Crippen molar-refractivity contribution >= 4 is 11.7 Å². The summed E-state index contributed by atoms with van der Waals surface area (Å²) in [7, 11) is 0. The molecule has 0 saturated carbocycles. The van der Waals surface area contributed by atoms with Crippen molar-refractivity contribution in [3.63, 3.8) is 0 Å².